The zero-order valence-electron chi connectivity index (χ0n) is 16.8. The molecule has 1 aromatic heterocycles. The van der Waals surface area contributed by atoms with Gasteiger partial charge in [-0.3, -0.25) is 9.69 Å². The number of carbonyl (C=O) groups excluding carboxylic acids is 1. The molecule has 1 atom stereocenters. The molecule has 3 aromatic rings. The highest BCUT2D eigenvalue weighted by atomic mass is 35.5. The lowest BCUT2D eigenvalue weighted by molar-refractivity contribution is 0.0929. The van der Waals surface area contributed by atoms with Gasteiger partial charge in [-0.2, -0.15) is 0 Å². The average Bonchev–Trinajstić information content (AvgIpc) is 3.47. The lowest BCUT2D eigenvalue weighted by Gasteiger charge is -2.28. The fourth-order valence-corrected chi connectivity index (χ4v) is 3.88. The molecule has 0 bridgehead atoms. The molecule has 7 heteroatoms. The normalized spacial score (nSPS) is 15.1. The van der Waals surface area contributed by atoms with E-state index < -0.39 is 0 Å². The number of nitrogens with one attached hydrogen (secondary N) is 1. The fraction of sp³-hybridized carbons (Fsp3) is 0.304. The van der Waals surface area contributed by atoms with Crippen LogP contribution in [0.3, 0.4) is 0 Å². The van der Waals surface area contributed by atoms with E-state index in [1.54, 1.807) is 25.3 Å². The number of rotatable bonds is 7. The van der Waals surface area contributed by atoms with Crippen LogP contribution in [0.15, 0.2) is 59.1 Å². The van der Waals surface area contributed by atoms with Crippen molar-refractivity contribution in [2.75, 3.05) is 26.7 Å². The Morgan fingerprint density at radius 2 is 1.87 bits per heavy atom. The molecule has 1 amide bonds. The first-order valence-electron chi connectivity index (χ1n) is 10.0. The quantitative estimate of drug-likeness (QED) is 0.600. The van der Waals surface area contributed by atoms with Gasteiger partial charge in [0.1, 0.15) is 5.75 Å². The summed E-state index contributed by atoms with van der Waals surface area (Å²) < 4.78 is 10.6. The van der Waals surface area contributed by atoms with Gasteiger partial charge < -0.3 is 14.6 Å². The lowest BCUT2D eigenvalue weighted by atomic mass is 10.1. The van der Waals surface area contributed by atoms with Gasteiger partial charge in [0.25, 0.3) is 5.91 Å². The van der Waals surface area contributed by atoms with Crippen LogP contribution in [0.25, 0.3) is 11.3 Å². The molecule has 1 saturated heterocycles. The highest BCUT2D eigenvalue weighted by Crippen LogP contribution is 2.27. The number of nitrogens with zero attached hydrogens (tertiary/aromatic N) is 2. The van der Waals surface area contributed by atoms with Crippen LogP contribution in [-0.4, -0.2) is 42.7 Å². The first-order valence-corrected chi connectivity index (χ1v) is 10.4. The highest BCUT2D eigenvalue weighted by molar-refractivity contribution is 6.30. The summed E-state index contributed by atoms with van der Waals surface area (Å²) in [5.74, 6) is 1.10. The van der Waals surface area contributed by atoms with Gasteiger partial charge >= 0.3 is 0 Å². The van der Waals surface area contributed by atoms with E-state index in [9.17, 15) is 4.79 Å². The maximum atomic E-state index is 12.7. The second-order valence-electron chi connectivity index (χ2n) is 7.33. The SMILES string of the molecule is COc1ccc([C@H](CNC(=O)c2cc(-c3ccc(Cl)cc3)on2)N2CCCC2)cc1. The molecule has 2 aromatic carbocycles. The lowest BCUT2D eigenvalue weighted by Crippen LogP contribution is -2.36. The topological polar surface area (TPSA) is 67.6 Å². The van der Waals surface area contributed by atoms with E-state index in [2.05, 4.69) is 27.5 Å². The van der Waals surface area contributed by atoms with Gasteiger partial charge in [-0.15, -0.1) is 0 Å². The van der Waals surface area contributed by atoms with Gasteiger partial charge in [-0.25, -0.2) is 0 Å². The van der Waals surface area contributed by atoms with Gasteiger partial charge in [0.05, 0.1) is 13.2 Å². The van der Waals surface area contributed by atoms with Gasteiger partial charge in [-0.1, -0.05) is 28.9 Å². The van der Waals surface area contributed by atoms with E-state index in [4.69, 9.17) is 20.9 Å². The van der Waals surface area contributed by atoms with Gasteiger partial charge in [0.15, 0.2) is 11.5 Å². The minimum Gasteiger partial charge on any atom is -0.497 e. The Bertz CT molecular complexity index is 980. The number of benzene rings is 2. The van der Waals surface area contributed by atoms with E-state index >= 15 is 0 Å². The average molecular weight is 426 g/mol. The Morgan fingerprint density at radius 3 is 2.53 bits per heavy atom. The molecule has 156 valence electrons. The van der Waals surface area contributed by atoms with Crippen LogP contribution in [0.2, 0.25) is 5.02 Å². The Morgan fingerprint density at radius 1 is 1.17 bits per heavy atom. The Hall–Kier alpha value is -2.83. The molecule has 0 aliphatic carbocycles. The largest absolute Gasteiger partial charge is 0.497 e. The minimum absolute atomic E-state index is 0.102. The second-order valence-corrected chi connectivity index (χ2v) is 7.76. The summed E-state index contributed by atoms with van der Waals surface area (Å²) in [6, 6.07) is 17.0. The summed E-state index contributed by atoms with van der Waals surface area (Å²) in [6.45, 7) is 2.54. The molecule has 2 heterocycles. The number of halogens is 1. The first kappa shape index (κ1) is 20.4. The summed E-state index contributed by atoms with van der Waals surface area (Å²) >= 11 is 5.93. The van der Waals surface area contributed by atoms with Crippen LogP contribution in [0.1, 0.15) is 34.9 Å². The first-order chi connectivity index (χ1) is 14.6. The molecule has 0 saturated carbocycles. The summed E-state index contributed by atoms with van der Waals surface area (Å²) in [4.78, 5) is 15.1. The summed E-state index contributed by atoms with van der Waals surface area (Å²) in [6.07, 6.45) is 2.35. The van der Waals surface area contributed by atoms with E-state index in [0.717, 1.165) is 30.0 Å². The van der Waals surface area contributed by atoms with E-state index in [1.807, 2.05) is 24.3 Å². The number of likely N-dealkylation sites (tertiary alicyclic amines) is 1. The smallest absolute Gasteiger partial charge is 0.273 e. The predicted octanol–water partition coefficient (Wildman–Crippen LogP) is 4.57. The number of ether oxygens (including phenoxy) is 1. The molecule has 1 fully saturated rings. The highest BCUT2D eigenvalue weighted by Gasteiger charge is 2.25. The van der Waals surface area contributed by atoms with Crippen LogP contribution in [0.5, 0.6) is 5.75 Å². The monoisotopic (exact) mass is 425 g/mol. The van der Waals surface area contributed by atoms with Gasteiger partial charge in [0.2, 0.25) is 0 Å². The van der Waals surface area contributed by atoms with Crippen molar-refractivity contribution >= 4 is 17.5 Å². The maximum absolute atomic E-state index is 12.7. The number of methoxy groups -OCH3 is 1. The standard InChI is InChI=1S/C23H24ClN3O3/c1-29-19-10-6-16(7-11-19)21(27-12-2-3-13-27)15-25-23(28)20-14-22(30-26-20)17-4-8-18(24)9-5-17/h4-11,14,21H,2-3,12-13,15H2,1H3,(H,25,28)/t21-/m0/s1. The van der Waals surface area contributed by atoms with Gasteiger partial charge in [-0.05, 0) is 67.9 Å². The van der Waals surface area contributed by atoms with Crippen LogP contribution >= 0.6 is 11.6 Å². The third kappa shape index (κ3) is 4.66. The van der Waals surface area contributed by atoms with Crippen LogP contribution in [0.4, 0.5) is 0 Å². The van der Waals surface area contributed by atoms with Crippen molar-refractivity contribution in [3.8, 4) is 17.1 Å². The van der Waals surface area contributed by atoms with E-state index in [1.165, 1.54) is 12.8 Å². The Kier molecular flexibility index (Phi) is 6.35. The zero-order valence-corrected chi connectivity index (χ0v) is 17.6. The fourth-order valence-electron chi connectivity index (χ4n) is 3.75. The third-order valence-corrected chi connectivity index (χ3v) is 5.66. The molecule has 30 heavy (non-hydrogen) atoms. The van der Waals surface area contributed by atoms with Gasteiger partial charge in [0, 0.05) is 23.2 Å². The molecule has 4 rings (SSSR count). The van der Waals surface area contributed by atoms with Crippen molar-refractivity contribution < 1.29 is 14.1 Å². The van der Waals surface area contributed by atoms with Crippen molar-refractivity contribution in [3.05, 3.63) is 70.9 Å². The molecule has 1 N–H and O–H groups in total. The van der Waals surface area contributed by atoms with E-state index in [0.29, 0.717) is 17.3 Å². The van der Waals surface area contributed by atoms with Crippen molar-refractivity contribution in [1.29, 1.82) is 0 Å². The van der Waals surface area contributed by atoms with Crippen LogP contribution in [0, 0.1) is 0 Å². The molecule has 6 nitrogen and oxygen atoms in total. The predicted molar refractivity (Wildman–Crippen MR) is 116 cm³/mol. The molecule has 1 aliphatic heterocycles. The second kappa shape index (κ2) is 9.32. The molecule has 0 unspecified atom stereocenters. The number of aromatic nitrogens is 1. The molecule has 1 aliphatic rings. The van der Waals surface area contributed by atoms with Crippen molar-refractivity contribution in [1.82, 2.24) is 15.4 Å². The minimum atomic E-state index is -0.253. The maximum Gasteiger partial charge on any atom is 0.273 e. The Balaban J connectivity index is 1.45. The van der Waals surface area contributed by atoms with Crippen molar-refractivity contribution in [2.45, 2.75) is 18.9 Å². The number of hydrogen-bond donors (Lipinski definition) is 1. The Labute approximate surface area is 180 Å². The van der Waals surface area contributed by atoms with E-state index in [-0.39, 0.29) is 17.6 Å². The van der Waals surface area contributed by atoms with Crippen molar-refractivity contribution in [2.24, 2.45) is 0 Å². The summed E-state index contributed by atoms with van der Waals surface area (Å²) in [5, 5.41) is 7.60. The molecular weight excluding hydrogens is 402 g/mol. The zero-order chi connectivity index (χ0) is 20.9. The molecular formula is C23H24ClN3O3. The number of amides is 1. The summed E-state index contributed by atoms with van der Waals surface area (Å²) in [7, 11) is 1.66. The van der Waals surface area contributed by atoms with Crippen LogP contribution < -0.4 is 10.1 Å². The number of carbonyl (C=O) groups is 1. The van der Waals surface area contributed by atoms with Crippen molar-refractivity contribution in [3.63, 3.8) is 0 Å². The number of hydrogen-bond acceptors (Lipinski definition) is 5. The third-order valence-electron chi connectivity index (χ3n) is 5.41. The molecule has 0 spiro atoms. The summed E-state index contributed by atoms with van der Waals surface area (Å²) in [5.41, 5.74) is 2.23. The van der Waals surface area contributed by atoms with Crippen LogP contribution in [-0.2, 0) is 0 Å². The molecule has 0 radical (unpaired) electrons.